The van der Waals surface area contributed by atoms with Crippen LogP contribution < -0.4 is 14.8 Å². The van der Waals surface area contributed by atoms with Crippen molar-refractivity contribution in [3.05, 3.63) is 60.0 Å². The highest BCUT2D eigenvalue weighted by Crippen LogP contribution is 2.43. The molecule has 1 heterocycles. The number of hydrogen-bond acceptors (Lipinski definition) is 6. The SMILES string of the molecule is CCCCN(CCCC)S(=O)(=O)c1ccc(-c2c3ccc(=[N+](CC)CC)cc-3oc3cc(N(CC)CC)ccc23)c(S(=O)(=O)O)c1. The minimum Gasteiger partial charge on any atom is -0.456 e. The molecule has 0 radical (unpaired) electrons. The molecule has 11 heteroatoms. The zero-order valence-electron chi connectivity index (χ0n) is 27.9. The molecule has 0 unspecified atom stereocenters. The van der Waals surface area contributed by atoms with Crippen LogP contribution in [0.3, 0.4) is 0 Å². The molecular weight excluding hydrogens is 623 g/mol. The molecule has 0 atom stereocenters. The summed E-state index contributed by atoms with van der Waals surface area (Å²) in [7, 11) is -8.88. The Kier molecular flexibility index (Phi) is 11.7. The molecule has 4 rings (SSSR count). The van der Waals surface area contributed by atoms with Gasteiger partial charge in [-0.3, -0.25) is 4.55 Å². The van der Waals surface area contributed by atoms with E-state index < -0.39 is 25.0 Å². The normalized spacial score (nSPS) is 12.3. The van der Waals surface area contributed by atoms with Gasteiger partial charge in [-0.2, -0.15) is 12.7 Å². The van der Waals surface area contributed by atoms with E-state index in [0.29, 0.717) is 53.8 Å². The zero-order chi connectivity index (χ0) is 33.6. The third kappa shape index (κ3) is 7.33. The Balaban J connectivity index is 2.07. The lowest BCUT2D eigenvalue weighted by molar-refractivity contribution is 0.395. The molecule has 0 spiro atoms. The number of rotatable bonds is 15. The fraction of sp³-hybridized carbons (Fsp3) is 0.457. The van der Waals surface area contributed by atoms with Crippen molar-refractivity contribution in [2.45, 2.75) is 77.0 Å². The first kappa shape index (κ1) is 35.6. The van der Waals surface area contributed by atoms with E-state index in [-0.39, 0.29) is 10.5 Å². The minimum absolute atomic E-state index is 0.169. The average Bonchev–Trinajstić information content (AvgIpc) is 3.04. The monoisotopic (exact) mass is 670 g/mol. The standard InChI is InChI=1S/C35H47N3O6S2/c1-7-13-21-38(22-14-8-2)45(39,40)28-17-20-31(34(25-28)46(41,42)43)35-29-18-15-26(36(9-3)10-4)23-32(29)44-33-24-27(16-19-30(33)35)37(11-5)12-6/h15-20,23-25H,7-14,21-22H2,1-6H3/p+1. The first-order chi connectivity index (χ1) is 21.9. The highest BCUT2D eigenvalue weighted by molar-refractivity contribution is 7.89. The van der Waals surface area contributed by atoms with E-state index in [1.165, 1.54) is 16.4 Å². The summed E-state index contributed by atoms with van der Waals surface area (Å²) in [5.41, 5.74) is 2.90. The third-order valence-electron chi connectivity index (χ3n) is 8.61. The van der Waals surface area contributed by atoms with Crippen molar-refractivity contribution >= 4 is 36.8 Å². The van der Waals surface area contributed by atoms with Gasteiger partial charge in [0.1, 0.15) is 29.3 Å². The summed E-state index contributed by atoms with van der Waals surface area (Å²) in [6, 6.07) is 15.7. The molecule has 2 aromatic carbocycles. The van der Waals surface area contributed by atoms with Crippen LogP contribution in [0, 0.1) is 0 Å². The molecule has 0 fully saturated rings. The van der Waals surface area contributed by atoms with Crippen LogP contribution in [0.25, 0.3) is 33.4 Å². The number of nitrogens with zero attached hydrogens (tertiary/aromatic N) is 3. The van der Waals surface area contributed by atoms with Gasteiger partial charge in [0.15, 0.2) is 0 Å². The summed E-state index contributed by atoms with van der Waals surface area (Å²) in [5, 5.41) is 1.61. The van der Waals surface area contributed by atoms with Gasteiger partial charge in [0, 0.05) is 66.1 Å². The van der Waals surface area contributed by atoms with Crippen LogP contribution in [0.4, 0.5) is 5.69 Å². The quantitative estimate of drug-likeness (QED) is 0.0851. The number of unbranched alkanes of at least 4 members (excludes halogenated alkanes) is 2. The van der Waals surface area contributed by atoms with Crippen LogP contribution in [-0.4, -0.2) is 65.0 Å². The maximum atomic E-state index is 13.8. The summed E-state index contributed by atoms with van der Waals surface area (Å²) in [6.07, 6.45) is 3.00. The van der Waals surface area contributed by atoms with Crippen LogP contribution in [0.15, 0.2) is 68.8 Å². The lowest BCUT2D eigenvalue weighted by Gasteiger charge is -2.24. The van der Waals surface area contributed by atoms with Gasteiger partial charge >= 0.3 is 0 Å². The Bertz CT molecular complexity index is 1920. The number of hydrogen-bond donors (Lipinski definition) is 1. The maximum Gasteiger partial charge on any atom is 0.295 e. The molecule has 0 saturated carbocycles. The molecule has 1 aliphatic heterocycles. The third-order valence-corrected chi connectivity index (χ3v) is 11.4. The first-order valence-electron chi connectivity index (χ1n) is 16.4. The van der Waals surface area contributed by atoms with Gasteiger partial charge < -0.3 is 9.32 Å². The number of fused-ring (bicyclic) bond motifs is 2. The Morgan fingerprint density at radius 2 is 1.39 bits per heavy atom. The molecule has 250 valence electrons. The molecule has 0 aromatic heterocycles. The molecule has 1 aliphatic carbocycles. The lowest BCUT2D eigenvalue weighted by atomic mass is 9.93. The van der Waals surface area contributed by atoms with Gasteiger partial charge in [-0.1, -0.05) is 32.8 Å². The van der Waals surface area contributed by atoms with Crippen LogP contribution in [0.1, 0.15) is 67.2 Å². The van der Waals surface area contributed by atoms with Gasteiger partial charge in [-0.15, -0.1) is 0 Å². The van der Waals surface area contributed by atoms with E-state index in [1.54, 1.807) is 0 Å². The summed E-state index contributed by atoms with van der Waals surface area (Å²) in [4.78, 5) is 1.56. The van der Waals surface area contributed by atoms with E-state index >= 15 is 0 Å². The van der Waals surface area contributed by atoms with Crippen LogP contribution in [0.5, 0.6) is 0 Å². The molecule has 2 aliphatic rings. The number of sulfonamides is 1. The summed E-state index contributed by atoms with van der Waals surface area (Å²) in [5.74, 6) is 0.548. The largest absolute Gasteiger partial charge is 0.456 e. The number of anilines is 1. The Morgan fingerprint density at radius 3 is 1.96 bits per heavy atom. The Labute approximate surface area is 274 Å². The van der Waals surface area contributed by atoms with Gasteiger partial charge in [0.2, 0.25) is 15.4 Å². The van der Waals surface area contributed by atoms with E-state index in [2.05, 4.69) is 37.2 Å². The molecule has 46 heavy (non-hydrogen) atoms. The molecule has 0 bridgehead atoms. The van der Waals surface area contributed by atoms with E-state index in [1.807, 2.05) is 50.2 Å². The molecular formula is C35H48N3O6S2+. The second-order valence-corrected chi connectivity index (χ2v) is 14.8. The van der Waals surface area contributed by atoms with Gasteiger partial charge in [-0.25, -0.2) is 13.0 Å². The van der Waals surface area contributed by atoms with Crippen LogP contribution in [0.2, 0.25) is 0 Å². The van der Waals surface area contributed by atoms with E-state index in [0.717, 1.165) is 56.1 Å². The topological polar surface area (TPSA) is 111 Å². The molecule has 2 aromatic rings. The smallest absolute Gasteiger partial charge is 0.295 e. The lowest BCUT2D eigenvalue weighted by Crippen LogP contribution is -2.33. The maximum absolute atomic E-state index is 13.8. The van der Waals surface area contributed by atoms with Gasteiger partial charge in [0.05, 0.1) is 11.0 Å². The molecule has 1 N–H and O–H groups in total. The van der Waals surface area contributed by atoms with Crippen molar-refractivity contribution in [1.29, 1.82) is 0 Å². The van der Waals surface area contributed by atoms with Crippen LogP contribution in [-0.2, 0) is 20.1 Å². The van der Waals surface area contributed by atoms with Crippen molar-refractivity contribution in [1.82, 2.24) is 8.88 Å². The highest BCUT2D eigenvalue weighted by Gasteiger charge is 2.29. The fourth-order valence-corrected chi connectivity index (χ4v) is 8.32. The van der Waals surface area contributed by atoms with E-state index in [9.17, 15) is 21.4 Å². The zero-order valence-corrected chi connectivity index (χ0v) is 29.5. The summed E-state index contributed by atoms with van der Waals surface area (Å²) >= 11 is 0. The van der Waals surface area contributed by atoms with Gasteiger partial charge in [-0.05, 0) is 70.9 Å². The first-order valence-corrected chi connectivity index (χ1v) is 19.3. The molecule has 0 saturated heterocycles. The van der Waals surface area contributed by atoms with Crippen molar-refractivity contribution in [3.8, 4) is 22.5 Å². The van der Waals surface area contributed by atoms with Crippen molar-refractivity contribution < 1.29 is 25.8 Å². The number of benzene rings is 3. The van der Waals surface area contributed by atoms with E-state index in [4.69, 9.17) is 4.42 Å². The van der Waals surface area contributed by atoms with Crippen molar-refractivity contribution in [2.75, 3.05) is 44.2 Å². The van der Waals surface area contributed by atoms with Crippen molar-refractivity contribution in [3.63, 3.8) is 0 Å². The predicted octanol–water partition coefficient (Wildman–Crippen LogP) is 6.70. The minimum atomic E-state index is -4.85. The van der Waals surface area contributed by atoms with Gasteiger partial charge in [0.25, 0.3) is 10.1 Å². The van der Waals surface area contributed by atoms with Crippen molar-refractivity contribution in [2.24, 2.45) is 0 Å². The summed E-state index contributed by atoms with van der Waals surface area (Å²) in [6.45, 7) is 16.1. The summed E-state index contributed by atoms with van der Waals surface area (Å²) < 4.78 is 74.5. The second-order valence-electron chi connectivity index (χ2n) is 11.4. The highest BCUT2D eigenvalue weighted by atomic mass is 32.2. The Hall–Kier alpha value is -3.25. The fourth-order valence-electron chi connectivity index (χ4n) is 5.98. The second kappa shape index (κ2) is 15.1. The van der Waals surface area contributed by atoms with Crippen LogP contribution >= 0.6 is 0 Å². The Morgan fingerprint density at radius 1 is 0.761 bits per heavy atom. The average molecular weight is 671 g/mol. The molecule has 9 nitrogen and oxygen atoms in total. The molecule has 0 amide bonds. The predicted molar refractivity (Wildman–Crippen MR) is 187 cm³/mol.